The van der Waals surface area contributed by atoms with Gasteiger partial charge in [-0.15, -0.1) is 0 Å². The van der Waals surface area contributed by atoms with Gasteiger partial charge in [0.1, 0.15) is 4.32 Å². The fraction of sp³-hybridized carbons (Fsp3) is 0.353. The molecule has 6 nitrogen and oxygen atoms in total. The molecule has 1 fully saturated rings. The fourth-order valence-corrected chi connectivity index (χ4v) is 3.82. The summed E-state index contributed by atoms with van der Waals surface area (Å²) in [5.41, 5.74) is 0.715. The Hall–Kier alpha value is -2.06. The summed E-state index contributed by atoms with van der Waals surface area (Å²) in [5.74, 6) is -0.982. The summed E-state index contributed by atoms with van der Waals surface area (Å²) in [6.07, 6.45) is 1.65. The maximum absolute atomic E-state index is 12.7. The summed E-state index contributed by atoms with van der Waals surface area (Å²) in [5, 5.41) is 11.4. The lowest BCUT2D eigenvalue weighted by molar-refractivity contribution is -0.311. The second kappa shape index (κ2) is 7.88. The lowest BCUT2D eigenvalue weighted by atomic mass is 10.0. The van der Waals surface area contributed by atoms with Gasteiger partial charge in [-0.05, 0) is 29.7 Å². The first-order valence-corrected chi connectivity index (χ1v) is 8.72. The van der Waals surface area contributed by atoms with E-state index in [1.807, 2.05) is 0 Å². The third kappa shape index (κ3) is 3.96. The van der Waals surface area contributed by atoms with E-state index in [2.05, 4.69) is 0 Å². The number of ether oxygens (including phenoxy) is 2. The van der Waals surface area contributed by atoms with Crippen LogP contribution >= 0.6 is 24.0 Å². The lowest BCUT2D eigenvalue weighted by Gasteiger charge is -2.30. The first-order valence-electron chi connectivity index (χ1n) is 7.50. The molecule has 8 heteroatoms. The van der Waals surface area contributed by atoms with E-state index in [0.29, 0.717) is 22.0 Å². The number of carbonyl (C=O) groups is 2. The van der Waals surface area contributed by atoms with Crippen molar-refractivity contribution in [3.63, 3.8) is 0 Å². The van der Waals surface area contributed by atoms with Gasteiger partial charge in [0, 0.05) is 0 Å². The van der Waals surface area contributed by atoms with Crippen LogP contribution in [0.3, 0.4) is 0 Å². The summed E-state index contributed by atoms with van der Waals surface area (Å²) in [7, 11) is 3.06. The van der Waals surface area contributed by atoms with Crippen LogP contribution in [-0.2, 0) is 9.59 Å². The number of carbonyl (C=O) groups excluding carboxylic acids is 2. The Kier molecular flexibility index (Phi) is 6.07. The van der Waals surface area contributed by atoms with E-state index in [4.69, 9.17) is 21.7 Å². The van der Waals surface area contributed by atoms with Gasteiger partial charge in [0.05, 0.1) is 31.1 Å². The van der Waals surface area contributed by atoms with E-state index in [0.717, 1.165) is 16.7 Å². The minimum absolute atomic E-state index is 0.208. The third-order valence-electron chi connectivity index (χ3n) is 3.68. The molecule has 1 atom stereocenters. The summed E-state index contributed by atoms with van der Waals surface area (Å²) in [6.45, 7) is 3.41. The molecule has 0 unspecified atom stereocenters. The molecule has 1 aromatic rings. The average molecular weight is 380 g/mol. The van der Waals surface area contributed by atoms with Crippen LogP contribution in [0.5, 0.6) is 11.5 Å². The Labute approximate surface area is 155 Å². The molecule has 134 valence electrons. The molecule has 0 bridgehead atoms. The smallest absolute Gasteiger partial charge is 0.266 e. The number of benzene rings is 1. The van der Waals surface area contributed by atoms with Crippen LogP contribution in [0.2, 0.25) is 0 Å². The summed E-state index contributed by atoms with van der Waals surface area (Å²) in [6, 6.07) is 4.13. The molecule has 1 amide bonds. The van der Waals surface area contributed by atoms with Gasteiger partial charge in [0.15, 0.2) is 11.5 Å². The molecule has 25 heavy (non-hydrogen) atoms. The molecule has 1 aromatic carbocycles. The topological polar surface area (TPSA) is 78.9 Å². The minimum atomic E-state index is -1.32. The van der Waals surface area contributed by atoms with Crippen LogP contribution in [0, 0.1) is 5.92 Å². The standard InChI is InChI=1S/C17H19NO5S2/c1-9(2)14(16(20)21)18-15(19)13(25-17(18)24)8-10-5-6-11(22-3)12(7-10)23-4/h5-9,14H,1-4H3,(H,20,21)/p-1/b13-8-/t14-/m1/s1. The maximum atomic E-state index is 12.7. The van der Waals surface area contributed by atoms with E-state index in [9.17, 15) is 14.7 Å². The highest BCUT2D eigenvalue weighted by molar-refractivity contribution is 8.26. The molecule has 0 radical (unpaired) electrons. The first kappa shape index (κ1) is 19.3. The van der Waals surface area contributed by atoms with Crippen LogP contribution in [0.4, 0.5) is 0 Å². The summed E-state index contributed by atoms with van der Waals surface area (Å²) in [4.78, 5) is 25.5. The molecule has 1 heterocycles. The SMILES string of the molecule is COc1ccc(/C=C2\SC(=S)N([C@@H](C(=O)[O-])C(C)C)C2=O)cc1OC. The number of carboxylic acids is 1. The van der Waals surface area contributed by atoms with Crippen molar-refractivity contribution in [2.75, 3.05) is 14.2 Å². The van der Waals surface area contributed by atoms with Crippen molar-refractivity contribution in [3.05, 3.63) is 28.7 Å². The fourth-order valence-electron chi connectivity index (χ4n) is 2.49. The summed E-state index contributed by atoms with van der Waals surface area (Å²) >= 11 is 6.27. The summed E-state index contributed by atoms with van der Waals surface area (Å²) < 4.78 is 10.6. The molecule has 2 rings (SSSR count). The highest BCUT2D eigenvalue weighted by Gasteiger charge is 2.39. The number of hydrogen-bond donors (Lipinski definition) is 0. The second-order valence-corrected chi connectivity index (χ2v) is 7.35. The molecular weight excluding hydrogens is 362 g/mol. The van der Waals surface area contributed by atoms with Crippen molar-refractivity contribution in [2.45, 2.75) is 19.9 Å². The van der Waals surface area contributed by atoms with Crippen molar-refractivity contribution in [1.82, 2.24) is 4.90 Å². The first-order chi connectivity index (χ1) is 11.8. The van der Waals surface area contributed by atoms with Crippen molar-refractivity contribution >= 4 is 46.3 Å². The zero-order valence-corrected chi connectivity index (χ0v) is 15.9. The average Bonchev–Trinajstić information content (AvgIpc) is 2.82. The van der Waals surface area contributed by atoms with E-state index in [-0.39, 0.29) is 10.2 Å². The van der Waals surface area contributed by atoms with Gasteiger partial charge in [-0.2, -0.15) is 0 Å². The number of amides is 1. The Morgan fingerprint density at radius 3 is 2.44 bits per heavy atom. The van der Waals surface area contributed by atoms with Gasteiger partial charge in [-0.1, -0.05) is 43.9 Å². The largest absolute Gasteiger partial charge is 0.548 e. The molecule has 0 N–H and O–H groups in total. The zero-order chi connectivity index (χ0) is 18.7. The quantitative estimate of drug-likeness (QED) is 0.549. The molecule has 0 saturated carbocycles. The van der Waals surface area contributed by atoms with Gasteiger partial charge in [0.25, 0.3) is 5.91 Å². The molecule has 0 aliphatic carbocycles. The van der Waals surface area contributed by atoms with Crippen molar-refractivity contribution < 1.29 is 24.2 Å². The number of thioether (sulfide) groups is 1. The van der Waals surface area contributed by atoms with Crippen LogP contribution < -0.4 is 14.6 Å². The van der Waals surface area contributed by atoms with Gasteiger partial charge < -0.3 is 19.4 Å². The normalized spacial score (nSPS) is 17.3. The second-order valence-electron chi connectivity index (χ2n) is 5.67. The van der Waals surface area contributed by atoms with E-state index in [1.165, 1.54) is 14.2 Å². The van der Waals surface area contributed by atoms with Crippen LogP contribution in [0.25, 0.3) is 6.08 Å². The Morgan fingerprint density at radius 1 is 1.28 bits per heavy atom. The molecular formula is C17H18NO5S2-. The Balaban J connectivity index is 2.36. The van der Waals surface area contributed by atoms with Gasteiger partial charge in [-0.3, -0.25) is 9.69 Å². The van der Waals surface area contributed by atoms with Crippen LogP contribution in [0.1, 0.15) is 19.4 Å². The van der Waals surface area contributed by atoms with E-state index >= 15 is 0 Å². The molecule has 1 aliphatic heterocycles. The van der Waals surface area contributed by atoms with E-state index in [1.54, 1.807) is 38.1 Å². The molecule has 0 spiro atoms. The number of hydrogen-bond acceptors (Lipinski definition) is 7. The highest BCUT2D eigenvalue weighted by Crippen LogP contribution is 2.36. The van der Waals surface area contributed by atoms with Crippen LogP contribution in [-0.4, -0.2) is 41.4 Å². The Bertz CT molecular complexity index is 745. The van der Waals surface area contributed by atoms with E-state index < -0.39 is 17.9 Å². The number of nitrogens with zero attached hydrogens (tertiary/aromatic N) is 1. The molecule has 0 aromatic heterocycles. The maximum Gasteiger partial charge on any atom is 0.266 e. The minimum Gasteiger partial charge on any atom is -0.548 e. The van der Waals surface area contributed by atoms with Crippen molar-refractivity contribution in [1.29, 1.82) is 0 Å². The van der Waals surface area contributed by atoms with Crippen molar-refractivity contribution in [2.24, 2.45) is 5.92 Å². The number of carboxylic acid groups (broad SMARTS) is 1. The van der Waals surface area contributed by atoms with Gasteiger partial charge in [0.2, 0.25) is 0 Å². The zero-order valence-electron chi connectivity index (χ0n) is 14.3. The predicted octanol–water partition coefficient (Wildman–Crippen LogP) is 1.68. The predicted molar refractivity (Wildman–Crippen MR) is 98.2 cm³/mol. The van der Waals surface area contributed by atoms with Gasteiger partial charge >= 0.3 is 0 Å². The molecule has 1 saturated heterocycles. The Morgan fingerprint density at radius 2 is 1.92 bits per heavy atom. The number of aliphatic carboxylic acids is 1. The number of methoxy groups -OCH3 is 2. The molecule has 1 aliphatic rings. The third-order valence-corrected chi connectivity index (χ3v) is 5.01. The highest BCUT2D eigenvalue weighted by atomic mass is 32.2. The number of rotatable bonds is 6. The number of thiocarbonyl (C=S) groups is 1. The monoisotopic (exact) mass is 380 g/mol. The van der Waals surface area contributed by atoms with Crippen LogP contribution in [0.15, 0.2) is 23.1 Å². The lowest BCUT2D eigenvalue weighted by Crippen LogP contribution is -2.52. The van der Waals surface area contributed by atoms with Crippen molar-refractivity contribution in [3.8, 4) is 11.5 Å². The van der Waals surface area contributed by atoms with Gasteiger partial charge in [-0.25, -0.2) is 0 Å².